The fourth-order valence-corrected chi connectivity index (χ4v) is 2.70. The molecule has 106 valence electrons. The summed E-state index contributed by atoms with van der Waals surface area (Å²) >= 11 is 7.40. The van der Waals surface area contributed by atoms with Crippen molar-refractivity contribution in [1.29, 1.82) is 0 Å². The molecule has 0 saturated heterocycles. The highest BCUT2D eigenvalue weighted by Crippen LogP contribution is 2.30. The van der Waals surface area contributed by atoms with E-state index >= 15 is 0 Å². The second kappa shape index (κ2) is 6.67. The summed E-state index contributed by atoms with van der Waals surface area (Å²) in [5.74, 6) is 0.160. The molecule has 1 aromatic carbocycles. The van der Waals surface area contributed by atoms with E-state index in [1.807, 2.05) is 5.38 Å². The van der Waals surface area contributed by atoms with Crippen molar-refractivity contribution in [1.82, 2.24) is 4.98 Å². The van der Waals surface area contributed by atoms with Crippen LogP contribution < -0.4 is 4.74 Å². The molecule has 0 unspecified atom stereocenters. The van der Waals surface area contributed by atoms with Gasteiger partial charge in [-0.15, -0.1) is 11.3 Å². The van der Waals surface area contributed by atoms with E-state index in [0.717, 1.165) is 23.5 Å². The molecule has 0 spiro atoms. The minimum absolute atomic E-state index is 0.0987. The third-order valence-electron chi connectivity index (χ3n) is 2.56. The Balaban J connectivity index is 2.09. The molecule has 0 saturated carbocycles. The molecule has 0 fully saturated rings. The van der Waals surface area contributed by atoms with Gasteiger partial charge in [-0.2, -0.15) is 0 Å². The van der Waals surface area contributed by atoms with Crippen LogP contribution in [-0.4, -0.2) is 9.91 Å². The Kier molecular flexibility index (Phi) is 4.92. The van der Waals surface area contributed by atoms with E-state index in [1.54, 1.807) is 11.3 Å². The Morgan fingerprint density at radius 3 is 3.00 bits per heavy atom. The number of hydrogen-bond acceptors (Lipinski definition) is 5. The van der Waals surface area contributed by atoms with Gasteiger partial charge in [-0.1, -0.05) is 18.5 Å². The van der Waals surface area contributed by atoms with E-state index in [1.165, 1.54) is 18.2 Å². The lowest BCUT2D eigenvalue weighted by Gasteiger charge is -2.05. The number of nitro benzene ring substituents is 1. The molecule has 0 aliphatic carbocycles. The van der Waals surface area contributed by atoms with Gasteiger partial charge in [0.25, 0.3) is 0 Å². The molecule has 0 aliphatic heterocycles. The number of aryl methyl sites for hydroxylation is 1. The number of halogens is 1. The topological polar surface area (TPSA) is 65.3 Å². The first-order valence-electron chi connectivity index (χ1n) is 6.10. The molecule has 2 rings (SSSR count). The summed E-state index contributed by atoms with van der Waals surface area (Å²) in [4.78, 5) is 14.8. The first-order valence-corrected chi connectivity index (χ1v) is 7.36. The molecule has 1 heterocycles. The second-order valence-electron chi connectivity index (χ2n) is 4.14. The Morgan fingerprint density at radius 1 is 1.50 bits per heavy atom. The molecule has 2 aromatic rings. The molecule has 0 radical (unpaired) electrons. The Hall–Kier alpha value is -1.66. The second-order valence-corrected chi connectivity index (χ2v) is 5.52. The Morgan fingerprint density at radius 2 is 2.30 bits per heavy atom. The smallest absolute Gasteiger partial charge is 0.311 e. The van der Waals surface area contributed by atoms with Gasteiger partial charge >= 0.3 is 5.69 Å². The van der Waals surface area contributed by atoms with Gasteiger partial charge in [0.2, 0.25) is 0 Å². The Labute approximate surface area is 125 Å². The van der Waals surface area contributed by atoms with Crippen LogP contribution in [0.15, 0.2) is 23.6 Å². The highest BCUT2D eigenvalue weighted by Gasteiger charge is 2.15. The van der Waals surface area contributed by atoms with Gasteiger partial charge in [0.15, 0.2) is 5.75 Å². The average molecular weight is 313 g/mol. The number of rotatable bonds is 6. The van der Waals surface area contributed by atoms with Crippen LogP contribution in [0.5, 0.6) is 5.75 Å². The van der Waals surface area contributed by atoms with Crippen LogP contribution in [0, 0.1) is 10.1 Å². The molecule has 0 amide bonds. The number of aromatic nitrogens is 1. The van der Waals surface area contributed by atoms with E-state index in [9.17, 15) is 10.1 Å². The average Bonchev–Trinajstić information content (AvgIpc) is 2.84. The van der Waals surface area contributed by atoms with Crippen molar-refractivity contribution in [2.75, 3.05) is 0 Å². The standard InChI is InChI=1S/C13H13ClN2O3S/c1-2-3-13-15-10(8-20-13)7-19-12-6-9(14)4-5-11(12)16(17)18/h4-6,8H,2-3,7H2,1H3. The maximum Gasteiger partial charge on any atom is 0.311 e. The van der Waals surface area contributed by atoms with Crippen molar-refractivity contribution in [3.05, 3.63) is 49.4 Å². The number of nitro groups is 1. The van der Waals surface area contributed by atoms with Crippen molar-refractivity contribution >= 4 is 28.6 Å². The minimum atomic E-state index is -0.491. The van der Waals surface area contributed by atoms with Crippen LogP contribution in [-0.2, 0) is 13.0 Å². The predicted molar refractivity (Wildman–Crippen MR) is 78.5 cm³/mol. The summed E-state index contributed by atoms with van der Waals surface area (Å²) in [6, 6.07) is 4.25. The van der Waals surface area contributed by atoms with Gasteiger partial charge in [-0.05, 0) is 18.9 Å². The van der Waals surface area contributed by atoms with Gasteiger partial charge in [0.05, 0.1) is 15.6 Å². The lowest BCUT2D eigenvalue weighted by atomic mass is 10.3. The summed E-state index contributed by atoms with van der Waals surface area (Å²) in [7, 11) is 0. The number of ether oxygens (including phenoxy) is 1. The van der Waals surface area contributed by atoms with Gasteiger partial charge in [-0.3, -0.25) is 10.1 Å². The third kappa shape index (κ3) is 3.68. The third-order valence-corrected chi connectivity index (χ3v) is 3.75. The SMILES string of the molecule is CCCc1nc(COc2cc(Cl)ccc2[N+](=O)[O-])cs1. The highest BCUT2D eigenvalue weighted by atomic mass is 35.5. The van der Waals surface area contributed by atoms with Gasteiger partial charge in [0.1, 0.15) is 6.61 Å². The van der Waals surface area contributed by atoms with Crippen LogP contribution in [0.1, 0.15) is 24.0 Å². The van der Waals surface area contributed by atoms with Crippen molar-refractivity contribution < 1.29 is 9.66 Å². The zero-order chi connectivity index (χ0) is 14.5. The number of hydrogen-bond donors (Lipinski definition) is 0. The van der Waals surface area contributed by atoms with Crippen molar-refractivity contribution in [3.8, 4) is 5.75 Å². The van der Waals surface area contributed by atoms with Crippen LogP contribution >= 0.6 is 22.9 Å². The van der Waals surface area contributed by atoms with E-state index < -0.39 is 4.92 Å². The normalized spacial score (nSPS) is 10.5. The number of thiazole rings is 1. The molecule has 0 bridgehead atoms. The van der Waals surface area contributed by atoms with Gasteiger partial charge in [-0.25, -0.2) is 4.98 Å². The van der Waals surface area contributed by atoms with Gasteiger partial charge in [0, 0.05) is 22.5 Å². The van der Waals surface area contributed by atoms with E-state index in [0.29, 0.717) is 5.02 Å². The van der Waals surface area contributed by atoms with E-state index in [4.69, 9.17) is 16.3 Å². The first-order chi connectivity index (χ1) is 9.60. The summed E-state index contributed by atoms with van der Waals surface area (Å²) in [5.41, 5.74) is 0.672. The molecule has 1 aromatic heterocycles. The molecule has 0 atom stereocenters. The Bertz CT molecular complexity index is 615. The molecular formula is C13H13ClN2O3S. The summed E-state index contributed by atoms with van der Waals surface area (Å²) in [5, 5.41) is 14.3. The van der Waals surface area contributed by atoms with Crippen molar-refractivity contribution in [2.24, 2.45) is 0 Å². The molecule has 5 nitrogen and oxygen atoms in total. The molecule has 0 aliphatic rings. The quantitative estimate of drug-likeness (QED) is 0.591. The zero-order valence-corrected chi connectivity index (χ0v) is 12.4. The highest BCUT2D eigenvalue weighted by molar-refractivity contribution is 7.09. The predicted octanol–water partition coefficient (Wildman–Crippen LogP) is 4.24. The van der Waals surface area contributed by atoms with Crippen LogP contribution in [0.2, 0.25) is 5.02 Å². The summed E-state index contributed by atoms with van der Waals surface area (Å²) < 4.78 is 5.47. The molecule has 0 N–H and O–H groups in total. The molecule has 7 heteroatoms. The van der Waals surface area contributed by atoms with Crippen molar-refractivity contribution in [3.63, 3.8) is 0 Å². The van der Waals surface area contributed by atoms with Crippen LogP contribution in [0.4, 0.5) is 5.69 Å². The number of benzene rings is 1. The summed E-state index contributed by atoms with van der Waals surface area (Å²) in [6.45, 7) is 2.29. The van der Waals surface area contributed by atoms with Crippen LogP contribution in [0.25, 0.3) is 0 Å². The monoisotopic (exact) mass is 312 g/mol. The summed E-state index contributed by atoms with van der Waals surface area (Å²) in [6.07, 6.45) is 1.97. The fourth-order valence-electron chi connectivity index (χ4n) is 1.65. The van der Waals surface area contributed by atoms with E-state index in [-0.39, 0.29) is 18.0 Å². The maximum atomic E-state index is 10.9. The maximum absolute atomic E-state index is 10.9. The zero-order valence-electron chi connectivity index (χ0n) is 10.8. The largest absolute Gasteiger partial charge is 0.480 e. The fraction of sp³-hybridized carbons (Fsp3) is 0.308. The van der Waals surface area contributed by atoms with Gasteiger partial charge < -0.3 is 4.74 Å². The lowest BCUT2D eigenvalue weighted by molar-refractivity contribution is -0.385. The molecular weight excluding hydrogens is 300 g/mol. The minimum Gasteiger partial charge on any atom is -0.480 e. The lowest BCUT2D eigenvalue weighted by Crippen LogP contribution is -1.99. The van der Waals surface area contributed by atoms with Crippen LogP contribution in [0.3, 0.4) is 0 Å². The molecule has 20 heavy (non-hydrogen) atoms. The van der Waals surface area contributed by atoms with Crippen molar-refractivity contribution in [2.45, 2.75) is 26.4 Å². The first kappa shape index (κ1) is 14.7. The van der Waals surface area contributed by atoms with E-state index in [2.05, 4.69) is 11.9 Å². The number of nitrogens with zero attached hydrogens (tertiary/aromatic N) is 2.